The van der Waals surface area contributed by atoms with E-state index in [9.17, 15) is 5.11 Å². The molecule has 0 bridgehead atoms. The zero-order chi connectivity index (χ0) is 21.3. The first-order valence-corrected chi connectivity index (χ1v) is 10.8. The Balaban J connectivity index is 1.42. The minimum Gasteiger partial charge on any atom is -0.508 e. The van der Waals surface area contributed by atoms with Gasteiger partial charge in [-0.05, 0) is 23.8 Å². The van der Waals surface area contributed by atoms with E-state index < -0.39 is 0 Å². The molecule has 2 aliphatic heterocycles. The number of phenols is 1. The highest BCUT2D eigenvalue weighted by atomic mass is 16.5. The predicted molar refractivity (Wildman–Crippen MR) is 119 cm³/mol. The lowest BCUT2D eigenvalue weighted by Gasteiger charge is -2.29. The maximum absolute atomic E-state index is 9.41. The molecule has 8 heteroatoms. The molecule has 31 heavy (non-hydrogen) atoms. The average Bonchev–Trinajstić information content (AvgIpc) is 2.82. The maximum atomic E-state index is 9.41. The van der Waals surface area contributed by atoms with Crippen LogP contribution in [-0.4, -0.2) is 87.0 Å². The second kappa shape index (κ2) is 11.1. The summed E-state index contributed by atoms with van der Waals surface area (Å²) in [7, 11) is 0. The highest BCUT2D eigenvalue weighted by Crippen LogP contribution is 2.22. The Kier molecular flexibility index (Phi) is 7.71. The molecule has 166 valence electrons. The molecule has 0 aliphatic carbocycles. The van der Waals surface area contributed by atoms with E-state index in [0.29, 0.717) is 19.0 Å². The minimum absolute atomic E-state index is 0.256. The molecule has 1 aromatic heterocycles. The third-order valence-corrected chi connectivity index (χ3v) is 5.38. The van der Waals surface area contributed by atoms with Gasteiger partial charge in [0.25, 0.3) is 0 Å². The van der Waals surface area contributed by atoms with Crippen molar-refractivity contribution in [2.45, 2.75) is 6.54 Å². The van der Waals surface area contributed by atoms with Gasteiger partial charge in [-0.15, -0.1) is 0 Å². The highest BCUT2D eigenvalue weighted by molar-refractivity contribution is 5.79. The molecule has 0 unspecified atom stereocenters. The highest BCUT2D eigenvalue weighted by Gasteiger charge is 2.15. The van der Waals surface area contributed by atoms with Gasteiger partial charge in [0.2, 0.25) is 5.88 Å². The van der Waals surface area contributed by atoms with Crippen molar-refractivity contribution in [3.8, 4) is 11.6 Å². The second-order valence-electron chi connectivity index (χ2n) is 7.63. The van der Waals surface area contributed by atoms with Crippen LogP contribution in [-0.2, 0) is 16.0 Å². The van der Waals surface area contributed by atoms with E-state index >= 15 is 0 Å². The van der Waals surface area contributed by atoms with Crippen LogP contribution in [0.5, 0.6) is 11.6 Å². The molecule has 2 aromatic rings. The van der Waals surface area contributed by atoms with Gasteiger partial charge in [0.1, 0.15) is 12.4 Å². The third-order valence-electron chi connectivity index (χ3n) is 5.38. The van der Waals surface area contributed by atoms with Crippen LogP contribution < -0.4 is 9.64 Å². The van der Waals surface area contributed by atoms with Gasteiger partial charge in [0.15, 0.2) is 0 Å². The molecule has 0 radical (unpaired) electrons. The smallest absolute Gasteiger partial charge is 0.215 e. The Bertz CT molecular complexity index is 847. The van der Waals surface area contributed by atoms with Crippen molar-refractivity contribution in [1.82, 2.24) is 9.88 Å². The summed E-state index contributed by atoms with van der Waals surface area (Å²) in [6.07, 6.45) is 1.78. The number of aliphatic imine (C=N–C) groups is 1. The normalized spacial score (nSPS) is 17.9. The number of rotatable bonds is 8. The van der Waals surface area contributed by atoms with E-state index in [1.54, 1.807) is 18.3 Å². The number of pyridine rings is 1. The molecule has 2 aliphatic rings. The number of phenolic OH excluding ortho intramolecular Hbond substituents is 1. The van der Waals surface area contributed by atoms with Crippen molar-refractivity contribution in [3.63, 3.8) is 0 Å². The minimum atomic E-state index is 0.256. The first-order chi connectivity index (χ1) is 15.3. The van der Waals surface area contributed by atoms with Crippen LogP contribution in [0.4, 0.5) is 5.69 Å². The summed E-state index contributed by atoms with van der Waals surface area (Å²) in [4.78, 5) is 13.8. The van der Waals surface area contributed by atoms with E-state index in [1.165, 1.54) is 0 Å². The fraction of sp³-hybridized carbons (Fsp3) is 0.478. The summed E-state index contributed by atoms with van der Waals surface area (Å²) >= 11 is 0. The van der Waals surface area contributed by atoms with E-state index in [4.69, 9.17) is 14.2 Å². The topological polar surface area (TPSA) is 79.7 Å². The summed E-state index contributed by atoms with van der Waals surface area (Å²) in [5.74, 6) is 0.870. The number of benzene rings is 1. The van der Waals surface area contributed by atoms with Crippen molar-refractivity contribution >= 4 is 11.9 Å². The average molecular weight is 427 g/mol. The van der Waals surface area contributed by atoms with Crippen molar-refractivity contribution in [2.24, 2.45) is 4.99 Å². The summed E-state index contributed by atoms with van der Waals surface area (Å²) in [6, 6.07) is 11.1. The van der Waals surface area contributed by atoms with E-state index in [0.717, 1.165) is 76.1 Å². The number of hydrogen-bond donors (Lipinski definition) is 1. The monoisotopic (exact) mass is 426 g/mol. The zero-order valence-electron chi connectivity index (χ0n) is 17.8. The molecule has 1 N–H and O–H groups in total. The summed E-state index contributed by atoms with van der Waals surface area (Å²) in [6.45, 7) is 8.57. The van der Waals surface area contributed by atoms with Crippen molar-refractivity contribution < 1.29 is 19.3 Å². The molecule has 8 nitrogen and oxygen atoms in total. The quantitative estimate of drug-likeness (QED) is 0.647. The van der Waals surface area contributed by atoms with Gasteiger partial charge in [0, 0.05) is 50.7 Å². The van der Waals surface area contributed by atoms with Gasteiger partial charge in [-0.2, -0.15) is 0 Å². The standard InChI is InChI=1S/C23H30N4O4/c28-22-3-1-19(2-4-22)17-24-18-20-15-21(27-8-12-30-13-9-27)16-23(25-20)31-14-7-26-5-10-29-11-6-26/h1-4,15-16,18,28H,5-14,17H2. The van der Waals surface area contributed by atoms with Crippen molar-refractivity contribution in [1.29, 1.82) is 0 Å². The van der Waals surface area contributed by atoms with Crippen LogP contribution in [0.1, 0.15) is 11.3 Å². The number of nitrogens with zero attached hydrogens (tertiary/aromatic N) is 4. The first kappa shape index (κ1) is 21.5. The Morgan fingerprint density at radius 3 is 2.45 bits per heavy atom. The summed E-state index contributed by atoms with van der Waals surface area (Å²) in [5.41, 5.74) is 2.87. The predicted octanol–water partition coefficient (Wildman–Crippen LogP) is 1.95. The van der Waals surface area contributed by atoms with Crippen LogP contribution in [0.25, 0.3) is 0 Å². The van der Waals surface area contributed by atoms with Crippen LogP contribution in [0.3, 0.4) is 0 Å². The second-order valence-corrected chi connectivity index (χ2v) is 7.63. The van der Waals surface area contributed by atoms with E-state index in [2.05, 4.69) is 19.8 Å². The van der Waals surface area contributed by atoms with Crippen LogP contribution in [0, 0.1) is 0 Å². The van der Waals surface area contributed by atoms with Crippen LogP contribution in [0.15, 0.2) is 41.4 Å². The molecule has 3 heterocycles. The van der Waals surface area contributed by atoms with Gasteiger partial charge in [-0.3, -0.25) is 9.89 Å². The number of morpholine rings is 2. The number of aromatic nitrogens is 1. The Hall–Kier alpha value is -2.68. The van der Waals surface area contributed by atoms with Gasteiger partial charge in [0.05, 0.1) is 38.7 Å². The van der Waals surface area contributed by atoms with Gasteiger partial charge >= 0.3 is 0 Å². The fourth-order valence-electron chi connectivity index (χ4n) is 3.61. The molecule has 2 fully saturated rings. The fourth-order valence-corrected chi connectivity index (χ4v) is 3.61. The number of aromatic hydroxyl groups is 1. The van der Waals surface area contributed by atoms with Crippen LogP contribution in [0.2, 0.25) is 0 Å². The molecule has 0 saturated carbocycles. The molecule has 4 rings (SSSR count). The number of ether oxygens (including phenoxy) is 3. The molecular formula is C23H30N4O4. The Labute approximate surface area is 183 Å². The van der Waals surface area contributed by atoms with Crippen molar-refractivity contribution in [3.05, 3.63) is 47.7 Å². The Morgan fingerprint density at radius 1 is 1.00 bits per heavy atom. The lowest BCUT2D eigenvalue weighted by Crippen LogP contribution is -2.38. The summed E-state index contributed by atoms with van der Waals surface area (Å²) in [5, 5.41) is 9.41. The molecule has 2 saturated heterocycles. The number of anilines is 1. The molecular weight excluding hydrogens is 396 g/mol. The van der Waals surface area contributed by atoms with Gasteiger partial charge in [-0.1, -0.05) is 12.1 Å². The van der Waals surface area contributed by atoms with Gasteiger partial charge < -0.3 is 24.2 Å². The van der Waals surface area contributed by atoms with E-state index in [-0.39, 0.29) is 5.75 Å². The Morgan fingerprint density at radius 2 is 1.71 bits per heavy atom. The molecule has 0 atom stereocenters. The SMILES string of the molecule is Oc1ccc(CN=Cc2cc(N3CCOCC3)cc(OCCN3CCOCC3)n2)cc1. The van der Waals surface area contributed by atoms with E-state index in [1.807, 2.05) is 24.3 Å². The molecule has 0 spiro atoms. The van der Waals surface area contributed by atoms with Crippen LogP contribution >= 0.6 is 0 Å². The maximum Gasteiger partial charge on any atom is 0.215 e. The number of hydrogen-bond acceptors (Lipinski definition) is 8. The molecule has 0 amide bonds. The summed E-state index contributed by atoms with van der Waals surface area (Å²) < 4.78 is 16.9. The largest absolute Gasteiger partial charge is 0.508 e. The zero-order valence-corrected chi connectivity index (χ0v) is 17.8. The lowest BCUT2D eigenvalue weighted by atomic mass is 10.2. The van der Waals surface area contributed by atoms with Gasteiger partial charge in [-0.25, -0.2) is 4.98 Å². The lowest BCUT2D eigenvalue weighted by molar-refractivity contribution is 0.0320. The third kappa shape index (κ3) is 6.65. The first-order valence-electron chi connectivity index (χ1n) is 10.8. The van der Waals surface area contributed by atoms with Crippen molar-refractivity contribution in [2.75, 3.05) is 70.7 Å². The molecule has 1 aromatic carbocycles.